The molecule has 1 aromatic rings. The summed E-state index contributed by atoms with van der Waals surface area (Å²) in [6, 6.07) is 7.45. The first-order valence-corrected chi connectivity index (χ1v) is 6.86. The second-order valence-corrected chi connectivity index (χ2v) is 5.87. The monoisotopic (exact) mass is 322 g/mol. The lowest BCUT2D eigenvalue weighted by Gasteiger charge is -2.39. The quantitative estimate of drug-likeness (QED) is 0.928. The number of nitrogens with zero attached hydrogens (tertiary/aromatic N) is 1. The smallest absolute Gasteiger partial charge is 0.244 e. The number of rotatable bonds is 3. The minimum absolute atomic E-state index is 0.217. The predicted octanol–water partition coefficient (Wildman–Crippen LogP) is 3.34. The van der Waals surface area contributed by atoms with Gasteiger partial charge in [-0.05, 0) is 52.9 Å². The highest BCUT2D eigenvalue weighted by atomic mass is 79.9. The molecule has 19 heavy (non-hydrogen) atoms. The Morgan fingerprint density at radius 1 is 1.58 bits per heavy atom. The van der Waals surface area contributed by atoms with Gasteiger partial charge in [-0.1, -0.05) is 6.92 Å². The highest BCUT2D eigenvalue weighted by Gasteiger charge is 2.48. The molecule has 0 radical (unpaired) electrons. The van der Waals surface area contributed by atoms with Crippen molar-refractivity contribution in [3.63, 3.8) is 0 Å². The topological polar surface area (TPSA) is 62.1 Å². The SMILES string of the molecule is COc1ccc(NC(=O)C2(C#N)CC(C)C2)cc1Br. The highest BCUT2D eigenvalue weighted by molar-refractivity contribution is 9.10. The fourth-order valence-corrected chi connectivity index (χ4v) is 2.99. The van der Waals surface area contributed by atoms with Gasteiger partial charge in [0.1, 0.15) is 11.2 Å². The molecule has 0 atom stereocenters. The van der Waals surface area contributed by atoms with E-state index < -0.39 is 5.41 Å². The Labute approximate surface area is 120 Å². The molecule has 0 unspecified atom stereocenters. The van der Waals surface area contributed by atoms with Gasteiger partial charge in [-0.25, -0.2) is 0 Å². The van der Waals surface area contributed by atoms with Gasteiger partial charge < -0.3 is 10.1 Å². The van der Waals surface area contributed by atoms with E-state index in [0.717, 1.165) is 4.47 Å². The molecule has 0 saturated heterocycles. The standard InChI is InChI=1S/C14H15BrN2O2/c1-9-6-14(7-9,8-16)13(18)17-10-3-4-12(19-2)11(15)5-10/h3-5,9H,6-7H2,1-2H3,(H,17,18). The van der Waals surface area contributed by atoms with E-state index in [1.807, 2.05) is 6.92 Å². The van der Waals surface area contributed by atoms with E-state index >= 15 is 0 Å². The summed E-state index contributed by atoms with van der Waals surface area (Å²) >= 11 is 3.36. The fourth-order valence-electron chi connectivity index (χ4n) is 2.45. The van der Waals surface area contributed by atoms with Crippen molar-refractivity contribution < 1.29 is 9.53 Å². The number of carbonyl (C=O) groups excluding carboxylic acids is 1. The number of nitriles is 1. The molecule has 1 aliphatic carbocycles. The molecule has 2 rings (SSSR count). The highest BCUT2D eigenvalue weighted by Crippen LogP contribution is 2.45. The van der Waals surface area contributed by atoms with E-state index in [9.17, 15) is 10.1 Å². The number of amides is 1. The lowest BCUT2D eigenvalue weighted by atomic mass is 9.63. The largest absolute Gasteiger partial charge is 0.496 e. The molecule has 0 aliphatic heterocycles. The van der Waals surface area contributed by atoms with Crippen LogP contribution in [0.4, 0.5) is 5.69 Å². The maximum absolute atomic E-state index is 12.2. The minimum atomic E-state index is -0.855. The van der Waals surface area contributed by atoms with Crippen LogP contribution in [-0.4, -0.2) is 13.0 Å². The Bertz CT molecular complexity index is 545. The van der Waals surface area contributed by atoms with Crippen LogP contribution in [0.2, 0.25) is 0 Å². The maximum atomic E-state index is 12.2. The first-order chi connectivity index (χ1) is 9.00. The van der Waals surface area contributed by atoms with E-state index in [1.54, 1.807) is 25.3 Å². The maximum Gasteiger partial charge on any atom is 0.244 e. The van der Waals surface area contributed by atoms with Crippen LogP contribution in [0, 0.1) is 22.7 Å². The van der Waals surface area contributed by atoms with Crippen molar-refractivity contribution in [1.82, 2.24) is 0 Å². The number of nitrogens with one attached hydrogen (secondary N) is 1. The van der Waals surface area contributed by atoms with Crippen LogP contribution >= 0.6 is 15.9 Å². The molecule has 5 heteroatoms. The zero-order chi connectivity index (χ0) is 14.0. The normalized spacial score (nSPS) is 25.1. The summed E-state index contributed by atoms with van der Waals surface area (Å²) in [5, 5.41) is 12.0. The molecule has 0 spiro atoms. The van der Waals surface area contributed by atoms with Crippen LogP contribution in [0.15, 0.2) is 22.7 Å². The third-order valence-electron chi connectivity index (χ3n) is 3.45. The summed E-state index contributed by atoms with van der Waals surface area (Å²) in [6.07, 6.45) is 1.26. The fraction of sp³-hybridized carbons (Fsp3) is 0.429. The summed E-state index contributed by atoms with van der Waals surface area (Å²) in [7, 11) is 1.58. The Hall–Kier alpha value is -1.54. The Morgan fingerprint density at radius 2 is 2.26 bits per heavy atom. The van der Waals surface area contributed by atoms with E-state index in [4.69, 9.17) is 4.74 Å². The summed E-state index contributed by atoms with van der Waals surface area (Å²) < 4.78 is 5.89. The molecule has 1 amide bonds. The molecule has 1 N–H and O–H groups in total. The van der Waals surface area contributed by atoms with Gasteiger partial charge in [0.05, 0.1) is 17.7 Å². The van der Waals surface area contributed by atoms with Gasteiger partial charge in [0.15, 0.2) is 0 Å². The van der Waals surface area contributed by atoms with Crippen molar-refractivity contribution >= 4 is 27.5 Å². The van der Waals surface area contributed by atoms with Gasteiger partial charge in [-0.3, -0.25) is 4.79 Å². The van der Waals surface area contributed by atoms with Crippen LogP contribution < -0.4 is 10.1 Å². The number of methoxy groups -OCH3 is 1. The summed E-state index contributed by atoms with van der Waals surface area (Å²) in [6.45, 7) is 2.05. The average molecular weight is 323 g/mol. The number of hydrogen-bond donors (Lipinski definition) is 1. The number of hydrogen-bond acceptors (Lipinski definition) is 3. The number of ether oxygens (including phenoxy) is 1. The minimum Gasteiger partial charge on any atom is -0.496 e. The molecule has 1 aliphatic rings. The Balaban J connectivity index is 2.11. The molecule has 1 saturated carbocycles. The van der Waals surface area contributed by atoms with E-state index in [-0.39, 0.29) is 5.91 Å². The zero-order valence-corrected chi connectivity index (χ0v) is 12.5. The number of anilines is 1. The van der Waals surface area contributed by atoms with Gasteiger partial charge in [0.25, 0.3) is 0 Å². The number of halogens is 1. The molecule has 0 aromatic heterocycles. The second-order valence-electron chi connectivity index (χ2n) is 5.01. The zero-order valence-electron chi connectivity index (χ0n) is 10.9. The second kappa shape index (κ2) is 5.22. The van der Waals surface area contributed by atoms with Crippen molar-refractivity contribution in [2.75, 3.05) is 12.4 Å². The number of benzene rings is 1. The van der Waals surface area contributed by atoms with Crippen molar-refractivity contribution in [2.24, 2.45) is 11.3 Å². The Kier molecular flexibility index (Phi) is 3.81. The molecule has 0 heterocycles. The predicted molar refractivity (Wildman–Crippen MR) is 75.8 cm³/mol. The molecular formula is C14H15BrN2O2. The molecule has 100 valence electrons. The van der Waals surface area contributed by atoms with Crippen LogP contribution in [0.1, 0.15) is 19.8 Å². The summed E-state index contributed by atoms with van der Waals surface area (Å²) in [4.78, 5) is 12.2. The molecule has 1 fully saturated rings. The molecule has 0 bridgehead atoms. The van der Waals surface area contributed by atoms with E-state index in [2.05, 4.69) is 27.3 Å². The van der Waals surface area contributed by atoms with Crippen molar-refractivity contribution in [3.05, 3.63) is 22.7 Å². The average Bonchev–Trinajstić information content (AvgIpc) is 2.34. The van der Waals surface area contributed by atoms with Crippen molar-refractivity contribution in [2.45, 2.75) is 19.8 Å². The van der Waals surface area contributed by atoms with E-state index in [1.165, 1.54) is 0 Å². The van der Waals surface area contributed by atoms with Crippen LogP contribution in [0.5, 0.6) is 5.75 Å². The molecule has 4 nitrogen and oxygen atoms in total. The van der Waals surface area contributed by atoms with Crippen molar-refractivity contribution in [3.8, 4) is 11.8 Å². The van der Waals surface area contributed by atoms with Gasteiger partial charge >= 0.3 is 0 Å². The van der Waals surface area contributed by atoms with E-state index in [0.29, 0.717) is 30.2 Å². The lowest BCUT2D eigenvalue weighted by molar-refractivity contribution is -0.128. The Morgan fingerprint density at radius 3 is 2.74 bits per heavy atom. The van der Waals surface area contributed by atoms with Crippen molar-refractivity contribution in [1.29, 1.82) is 5.26 Å². The summed E-state index contributed by atoms with van der Waals surface area (Å²) in [5.41, 5.74) is -0.196. The van der Waals surface area contributed by atoms with Gasteiger partial charge in [-0.15, -0.1) is 0 Å². The third-order valence-corrected chi connectivity index (χ3v) is 4.07. The molecule has 1 aromatic carbocycles. The third kappa shape index (κ3) is 2.59. The number of carbonyl (C=O) groups is 1. The first-order valence-electron chi connectivity index (χ1n) is 6.07. The van der Waals surface area contributed by atoms with Gasteiger partial charge in [0, 0.05) is 5.69 Å². The first kappa shape index (κ1) is 13.9. The van der Waals surface area contributed by atoms with Crippen LogP contribution in [0.25, 0.3) is 0 Å². The molecular weight excluding hydrogens is 308 g/mol. The van der Waals surface area contributed by atoms with Crippen LogP contribution in [-0.2, 0) is 4.79 Å². The van der Waals surface area contributed by atoms with Gasteiger partial charge in [0.2, 0.25) is 5.91 Å². The lowest BCUT2D eigenvalue weighted by Crippen LogP contribution is -2.45. The van der Waals surface area contributed by atoms with Crippen LogP contribution in [0.3, 0.4) is 0 Å². The summed E-state index contributed by atoms with van der Waals surface area (Å²) in [5.74, 6) is 0.920. The van der Waals surface area contributed by atoms with Gasteiger partial charge in [-0.2, -0.15) is 5.26 Å².